The van der Waals surface area contributed by atoms with Crippen LogP contribution in [-0.2, 0) is 42.8 Å². The molecule has 18 heteroatoms. The van der Waals surface area contributed by atoms with E-state index >= 15 is 0 Å². The summed E-state index contributed by atoms with van der Waals surface area (Å²) in [6.45, 7) is -0.0141. The number of carbonyl (C=O) groups excluding carboxylic acids is 2. The summed E-state index contributed by atoms with van der Waals surface area (Å²) in [6, 6.07) is 19.3. The van der Waals surface area contributed by atoms with Crippen molar-refractivity contribution in [3.63, 3.8) is 0 Å². The lowest BCUT2D eigenvalue weighted by molar-refractivity contribution is -0.117. The van der Waals surface area contributed by atoms with Crippen LogP contribution in [0.15, 0.2) is 72.8 Å². The summed E-state index contributed by atoms with van der Waals surface area (Å²) < 4.78 is 86.3. The third-order valence-corrected chi connectivity index (χ3v) is 8.85. The Hall–Kier alpha value is -5.88. The minimum atomic E-state index is -3.66. The Bertz CT molecular complexity index is 2060. The Labute approximate surface area is 320 Å². The molecule has 0 heterocycles. The predicted octanol–water partition coefficient (Wildman–Crippen LogP) is 5.37. The molecule has 0 radical (unpaired) electrons. The molecule has 16 nitrogen and oxygen atoms in total. The summed E-state index contributed by atoms with van der Waals surface area (Å²) in [5, 5.41) is 5.50. The molecule has 55 heavy (non-hydrogen) atoms. The first-order valence-corrected chi connectivity index (χ1v) is 20.4. The molecule has 0 spiro atoms. The normalized spacial score (nSPS) is 11.2. The molecule has 0 aromatic heterocycles. The molecule has 4 N–H and O–H groups in total. The van der Waals surface area contributed by atoms with Crippen LogP contribution in [0.1, 0.15) is 30.4 Å². The number of carbonyl (C=O) groups is 2. The fourth-order valence-corrected chi connectivity index (χ4v) is 6.30. The maximum absolute atomic E-state index is 12.9. The molecule has 0 atom stereocenters. The Morgan fingerprint density at radius 3 is 1.27 bits per heavy atom. The van der Waals surface area contributed by atoms with E-state index in [9.17, 15) is 26.4 Å². The van der Waals surface area contributed by atoms with Gasteiger partial charge in [0.2, 0.25) is 31.9 Å². The number of anilines is 4. The van der Waals surface area contributed by atoms with Crippen molar-refractivity contribution in [1.82, 2.24) is 0 Å². The second-order valence-corrected chi connectivity index (χ2v) is 15.6. The van der Waals surface area contributed by atoms with Crippen molar-refractivity contribution in [2.45, 2.75) is 32.5 Å². The van der Waals surface area contributed by atoms with Crippen LogP contribution in [-0.4, -0.2) is 69.6 Å². The van der Waals surface area contributed by atoms with Crippen LogP contribution in [0.25, 0.3) is 0 Å². The maximum Gasteiger partial charge on any atom is 0.229 e. The molecule has 4 aromatic carbocycles. The number of methoxy groups -OCH3 is 4. The highest BCUT2D eigenvalue weighted by Gasteiger charge is 2.16. The first-order valence-electron chi connectivity index (χ1n) is 16.6. The maximum atomic E-state index is 12.9. The Balaban J connectivity index is 1.38. The quantitative estimate of drug-likeness (QED) is 0.0891. The summed E-state index contributed by atoms with van der Waals surface area (Å²) >= 11 is 0. The fourth-order valence-electron chi connectivity index (χ4n) is 5.16. The summed E-state index contributed by atoms with van der Waals surface area (Å²) in [5.41, 5.74) is 2.27. The van der Waals surface area contributed by atoms with E-state index in [1.807, 2.05) is 0 Å². The van der Waals surface area contributed by atoms with Crippen molar-refractivity contribution >= 4 is 54.6 Å². The van der Waals surface area contributed by atoms with Gasteiger partial charge in [0.05, 0.1) is 52.3 Å². The molecule has 0 unspecified atom stereocenters. The van der Waals surface area contributed by atoms with Crippen molar-refractivity contribution < 1.29 is 54.8 Å². The predicted molar refractivity (Wildman–Crippen MR) is 209 cm³/mol. The van der Waals surface area contributed by atoms with Gasteiger partial charge in [-0.3, -0.25) is 19.0 Å². The van der Waals surface area contributed by atoms with Gasteiger partial charge in [-0.05, 0) is 67.1 Å². The van der Waals surface area contributed by atoms with Gasteiger partial charge in [-0.1, -0.05) is 0 Å². The van der Waals surface area contributed by atoms with Crippen LogP contribution in [0, 0.1) is 0 Å². The lowest BCUT2D eigenvalue weighted by atomic mass is 10.2. The molecule has 0 aliphatic rings. The fraction of sp³-hybridized carbons (Fsp3) is 0.297. The van der Waals surface area contributed by atoms with Gasteiger partial charge in [0.1, 0.15) is 47.7 Å². The highest BCUT2D eigenvalue weighted by molar-refractivity contribution is 7.92. The summed E-state index contributed by atoms with van der Waals surface area (Å²) in [4.78, 5) is 25.7. The molecule has 0 saturated heterocycles. The van der Waals surface area contributed by atoms with Gasteiger partial charge in [-0.15, -0.1) is 0 Å². The Morgan fingerprint density at radius 1 is 0.527 bits per heavy atom. The molecular weight excluding hydrogens is 757 g/mol. The van der Waals surface area contributed by atoms with E-state index in [2.05, 4.69) is 20.1 Å². The van der Waals surface area contributed by atoms with Gasteiger partial charge in [0.25, 0.3) is 0 Å². The number of sulfonamides is 2. The van der Waals surface area contributed by atoms with Crippen molar-refractivity contribution in [3.8, 4) is 34.5 Å². The zero-order valence-electron chi connectivity index (χ0n) is 31.2. The largest absolute Gasteiger partial charge is 0.497 e. The third-order valence-electron chi connectivity index (χ3n) is 7.67. The molecule has 4 rings (SSSR count). The van der Waals surface area contributed by atoms with Gasteiger partial charge < -0.3 is 39.1 Å². The number of rotatable bonds is 20. The standard InChI is InChI=1S/C37H44N4O12S2/c1-48-28-12-16-32(50-3)24(18-28)22-52-34-20-26(10-14-30(34)40-54(5,44)45)38-36(42)8-7-9-37(43)39-27-11-15-31(41-55(6,46)47)35(21-27)53-23-25-19-29(49-2)13-17-33(25)51-4/h10-21,40-41H,7-9,22-23H2,1-6H3,(H,38,42)(H,39,43). The molecule has 0 fully saturated rings. The second-order valence-electron chi connectivity index (χ2n) is 12.1. The second kappa shape index (κ2) is 18.9. The SMILES string of the molecule is COc1ccc(OC)c(COc2cc(NC(=O)CCCC(=O)Nc3ccc(NS(C)(=O)=O)c(OCc4cc(OC)ccc4OC)c3)ccc2NS(C)(=O)=O)c1. The van der Waals surface area contributed by atoms with Crippen LogP contribution in [0.3, 0.4) is 0 Å². The summed E-state index contributed by atoms with van der Waals surface area (Å²) in [6.07, 6.45) is 2.18. The lowest BCUT2D eigenvalue weighted by Crippen LogP contribution is -2.16. The van der Waals surface area contributed by atoms with Crippen molar-refractivity contribution in [2.75, 3.05) is 61.0 Å². The van der Waals surface area contributed by atoms with E-state index in [-0.39, 0.29) is 55.4 Å². The summed E-state index contributed by atoms with van der Waals surface area (Å²) in [5.74, 6) is 1.73. The number of nitrogens with one attached hydrogen (secondary N) is 4. The van der Waals surface area contributed by atoms with Crippen LogP contribution in [0.4, 0.5) is 22.7 Å². The van der Waals surface area contributed by atoms with Crippen molar-refractivity contribution in [3.05, 3.63) is 83.9 Å². The third kappa shape index (κ3) is 13.2. The molecule has 4 aromatic rings. The summed E-state index contributed by atoms with van der Waals surface area (Å²) in [7, 11) is -1.25. The number of hydrogen-bond donors (Lipinski definition) is 4. The average Bonchev–Trinajstić information content (AvgIpc) is 3.13. The van der Waals surface area contributed by atoms with Gasteiger partial charge in [-0.2, -0.15) is 0 Å². The van der Waals surface area contributed by atoms with E-state index in [4.69, 9.17) is 28.4 Å². The number of hydrogen-bond acceptors (Lipinski definition) is 12. The molecule has 2 amide bonds. The minimum absolute atomic E-state index is 0.00705. The van der Waals surface area contributed by atoms with E-state index in [1.54, 1.807) is 36.4 Å². The van der Waals surface area contributed by atoms with Crippen LogP contribution >= 0.6 is 0 Å². The van der Waals surface area contributed by atoms with E-state index in [0.29, 0.717) is 45.5 Å². The number of benzene rings is 4. The van der Waals surface area contributed by atoms with Crippen LogP contribution in [0.2, 0.25) is 0 Å². The zero-order valence-corrected chi connectivity index (χ0v) is 32.8. The molecule has 0 aliphatic carbocycles. The smallest absolute Gasteiger partial charge is 0.229 e. The van der Waals surface area contributed by atoms with Gasteiger partial charge in [0, 0.05) is 47.5 Å². The zero-order chi connectivity index (χ0) is 40.2. The first kappa shape index (κ1) is 41.9. The van der Waals surface area contributed by atoms with Gasteiger partial charge in [0.15, 0.2) is 0 Å². The van der Waals surface area contributed by atoms with E-state index < -0.39 is 31.9 Å². The number of ether oxygens (including phenoxy) is 6. The highest BCUT2D eigenvalue weighted by atomic mass is 32.2. The highest BCUT2D eigenvalue weighted by Crippen LogP contribution is 2.34. The van der Waals surface area contributed by atoms with E-state index in [0.717, 1.165) is 12.5 Å². The van der Waals surface area contributed by atoms with Gasteiger partial charge >= 0.3 is 0 Å². The Morgan fingerprint density at radius 2 is 0.927 bits per heavy atom. The first-order chi connectivity index (χ1) is 26.1. The van der Waals surface area contributed by atoms with E-state index in [1.165, 1.54) is 64.8 Å². The molecule has 296 valence electrons. The number of amides is 2. The Kier molecular flexibility index (Phi) is 14.4. The topological polar surface area (TPSA) is 206 Å². The van der Waals surface area contributed by atoms with Crippen molar-refractivity contribution in [2.24, 2.45) is 0 Å². The average molecular weight is 801 g/mol. The molecule has 0 saturated carbocycles. The molecule has 0 bridgehead atoms. The lowest BCUT2D eigenvalue weighted by Gasteiger charge is -2.16. The molecular formula is C37H44N4O12S2. The monoisotopic (exact) mass is 800 g/mol. The van der Waals surface area contributed by atoms with Gasteiger partial charge in [-0.25, -0.2) is 16.8 Å². The molecule has 0 aliphatic heterocycles. The van der Waals surface area contributed by atoms with Crippen LogP contribution in [0.5, 0.6) is 34.5 Å². The van der Waals surface area contributed by atoms with Crippen LogP contribution < -0.4 is 48.5 Å². The van der Waals surface area contributed by atoms with Crippen molar-refractivity contribution in [1.29, 1.82) is 0 Å². The minimum Gasteiger partial charge on any atom is -0.497 e.